The highest BCUT2D eigenvalue weighted by atomic mass is 16.5. The van der Waals surface area contributed by atoms with Gasteiger partial charge in [0.25, 0.3) is 0 Å². The lowest BCUT2D eigenvalue weighted by Crippen LogP contribution is -2.35. The highest BCUT2D eigenvalue weighted by Gasteiger charge is 2.10. The maximum Gasteiger partial charge on any atom is 0.345 e. The van der Waals surface area contributed by atoms with Gasteiger partial charge in [-0.2, -0.15) is 5.06 Å². The van der Waals surface area contributed by atoms with E-state index in [1.54, 1.807) is 12.1 Å². The van der Waals surface area contributed by atoms with Crippen molar-refractivity contribution in [3.63, 3.8) is 0 Å². The number of anilines is 1. The molecular formula is C10H14N2O2. The van der Waals surface area contributed by atoms with E-state index in [0.717, 1.165) is 11.1 Å². The summed E-state index contributed by atoms with van der Waals surface area (Å²) in [7, 11) is 1.46. The predicted octanol–water partition coefficient (Wildman–Crippen LogP) is 1.84. The van der Waals surface area contributed by atoms with Crippen LogP contribution in [-0.2, 0) is 0 Å². The molecule has 1 aromatic carbocycles. The van der Waals surface area contributed by atoms with Gasteiger partial charge in [-0.3, -0.25) is 5.21 Å². The zero-order chi connectivity index (χ0) is 10.7. The molecule has 76 valence electrons. The monoisotopic (exact) mass is 194 g/mol. The summed E-state index contributed by atoms with van der Waals surface area (Å²) in [6, 6.07) is 4.76. The number of amides is 2. The van der Waals surface area contributed by atoms with Gasteiger partial charge in [0.05, 0.1) is 5.69 Å². The van der Waals surface area contributed by atoms with Crippen molar-refractivity contribution in [3.8, 4) is 0 Å². The SMILES string of the molecule is CNC(=O)N(O)c1ccc(C)c(C)c1. The molecule has 0 saturated carbocycles. The van der Waals surface area contributed by atoms with Gasteiger partial charge in [-0.1, -0.05) is 6.07 Å². The summed E-state index contributed by atoms with van der Waals surface area (Å²) >= 11 is 0. The van der Waals surface area contributed by atoms with Gasteiger partial charge >= 0.3 is 6.03 Å². The van der Waals surface area contributed by atoms with Crippen molar-refractivity contribution in [2.75, 3.05) is 12.1 Å². The molecule has 0 aromatic heterocycles. The number of nitrogens with zero attached hydrogens (tertiary/aromatic N) is 1. The van der Waals surface area contributed by atoms with Crippen molar-refractivity contribution < 1.29 is 10.0 Å². The number of hydrogen-bond acceptors (Lipinski definition) is 2. The second-order valence-corrected chi connectivity index (χ2v) is 3.14. The van der Waals surface area contributed by atoms with Crippen LogP contribution in [-0.4, -0.2) is 18.3 Å². The number of carbonyl (C=O) groups excluding carboxylic acids is 1. The first-order chi connectivity index (χ1) is 6.56. The Morgan fingerprint density at radius 2 is 2.00 bits per heavy atom. The van der Waals surface area contributed by atoms with Gasteiger partial charge in [0.1, 0.15) is 0 Å². The van der Waals surface area contributed by atoms with Gasteiger partial charge in [0.2, 0.25) is 0 Å². The maximum absolute atomic E-state index is 11.1. The van der Waals surface area contributed by atoms with E-state index in [1.165, 1.54) is 7.05 Å². The lowest BCUT2D eigenvalue weighted by molar-refractivity contribution is 0.206. The smallest absolute Gasteiger partial charge is 0.339 e. The van der Waals surface area contributed by atoms with Crippen LogP contribution in [0.3, 0.4) is 0 Å². The molecule has 0 fully saturated rings. The average molecular weight is 194 g/mol. The number of rotatable bonds is 1. The van der Waals surface area contributed by atoms with Crippen molar-refractivity contribution in [1.82, 2.24) is 5.32 Å². The molecule has 14 heavy (non-hydrogen) atoms. The number of nitrogens with one attached hydrogen (secondary N) is 1. The molecule has 0 bridgehead atoms. The Morgan fingerprint density at radius 3 is 2.50 bits per heavy atom. The second kappa shape index (κ2) is 4.11. The lowest BCUT2D eigenvalue weighted by Gasteiger charge is -2.15. The van der Waals surface area contributed by atoms with Gasteiger partial charge in [-0.25, -0.2) is 4.79 Å². The fraction of sp³-hybridized carbons (Fsp3) is 0.300. The zero-order valence-electron chi connectivity index (χ0n) is 8.53. The molecule has 2 N–H and O–H groups in total. The third-order valence-corrected chi connectivity index (χ3v) is 2.14. The molecule has 4 heteroatoms. The fourth-order valence-electron chi connectivity index (χ4n) is 1.08. The summed E-state index contributed by atoms with van der Waals surface area (Å²) in [5.74, 6) is 0. The van der Waals surface area contributed by atoms with Crippen LogP contribution in [0, 0.1) is 13.8 Å². The van der Waals surface area contributed by atoms with Crippen LogP contribution in [0.2, 0.25) is 0 Å². The van der Waals surface area contributed by atoms with Crippen LogP contribution >= 0.6 is 0 Å². The molecule has 0 aliphatic rings. The first kappa shape index (κ1) is 10.5. The largest absolute Gasteiger partial charge is 0.345 e. The van der Waals surface area contributed by atoms with Crippen LogP contribution in [0.1, 0.15) is 11.1 Å². The average Bonchev–Trinajstić information content (AvgIpc) is 2.20. The van der Waals surface area contributed by atoms with Crippen LogP contribution in [0.15, 0.2) is 18.2 Å². The standard InChI is InChI=1S/C10H14N2O2/c1-7-4-5-9(6-8(7)2)12(14)10(13)11-3/h4-6,14H,1-3H3,(H,11,13). The van der Waals surface area contributed by atoms with Gasteiger partial charge in [-0.15, -0.1) is 0 Å². The highest BCUT2D eigenvalue weighted by molar-refractivity contribution is 5.89. The molecule has 0 saturated heterocycles. The van der Waals surface area contributed by atoms with Crippen LogP contribution in [0.5, 0.6) is 0 Å². The molecule has 0 aliphatic carbocycles. The van der Waals surface area contributed by atoms with E-state index in [1.807, 2.05) is 19.9 Å². The molecule has 0 unspecified atom stereocenters. The predicted molar refractivity (Wildman–Crippen MR) is 54.6 cm³/mol. The fourth-order valence-corrected chi connectivity index (χ4v) is 1.08. The minimum Gasteiger partial charge on any atom is -0.339 e. The van der Waals surface area contributed by atoms with E-state index < -0.39 is 6.03 Å². The molecule has 4 nitrogen and oxygen atoms in total. The van der Waals surface area contributed by atoms with Gasteiger partial charge in [0, 0.05) is 7.05 Å². The molecule has 2 amide bonds. The van der Waals surface area contributed by atoms with Gasteiger partial charge in [-0.05, 0) is 37.1 Å². The molecular weight excluding hydrogens is 180 g/mol. The van der Waals surface area contributed by atoms with E-state index in [2.05, 4.69) is 5.32 Å². The molecule has 0 radical (unpaired) electrons. The Balaban J connectivity index is 2.96. The summed E-state index contributed by atoms with van der Waals surface area (Å²) in [6.07, 6.45) is 0. The molecule has 0 heterocycles. The Bertz CT molecular complexity index is 350. The zero-order valence-corrected chi connectivity index (χ0v) is 8.53. The van der Waals surface area contributed by atoms with E-state index in [0.29, 0.717) is 10.8 Å². The second-order valence-electron chi connectivity index (χ2n) is 3.14. The van der Waals surface area contributed by atoms with E-state index in [-0.39, 0.29) is 0 Å². The van der Waals surface area contributed by atoms with Gasteiger partial charge < -0.3 is 5.32 Å². The number of benzene rings is 1. The Morgan fingerprint density at radius 1 is 1.36 bits per heavy atom. The third kappa shape index (κ3) is 2.03. The van der Waals surface area contributed by atoms with Crippen molar-refractivity contribution in [2.24, 2.45) is 0 Å². The summed E-state index contributed by atoms with van der Waals surface area (Å²) < 4.78 is 0. The topological polar surface area (TPSA) is 52.6 Å². The number of urea groups is 1. The molecule has 0 spiro atoms. The van der Waals surface area contributed by atoms with Crippen LogP contribution < -0.4 is 10.4 Å². The third-order valence-electron chi connectivity index (χ3n) is 2.14. The first-order valence-corrected chi connectivity index (χ1v) is 4.34. The number of aryl methyl sites for hydroxylation is 2. The quantitative estimate of drug-likeness (QED) is 0.529. The number of hydroxylamine groups is 1. The van der Waals surface area contributed by atoms with E-state index >= 15 is 0 Å². The van der Waals surface area contributed by atoms with Crippen LogP contribution in [0.4, 0.5) is 10.5 Å². The lowest BCUT2D eigenvalue weighted by atomic mass is 10.1. The summed E-state index contributed by atoms with van der Waals surface area (Å²) in [6.45, 7) is 3.90. The molecule has 0 aliphatic heterocycles. The van der Waals surface area contributed by atoms with Crippen molar-refractivity contribution in [2.45, 2.75) is 13.8 Å². The van der Waals surface area contributed by atoms with Crippen molar-refractivity contribution >= 4 is 11.7 Å². The summed E-state index contributed by atoms with van der Waals surface area (Å²) in [5, 5.41) is 12.3. The van der Waals surface area contributed by atoms with E-state index in [4.69, 9.17) is 0 Å². The number of hydrogen-bond donors (Lipinski definition) is 2. The Kier molecular flexibility index (Phi) is 3.09. The van der Waals surface area contributed by atoms with Crippen molar-refractivity contribution in [1.29, 1.82) is 0 Å². The minimum atomic E-state index is -0.548. The van der Waals surface area contributed by atoms with Gasteiger partial charge in [0.15, 0.2) is 0 Å². The highest BCUT2D eigenvalue weighted by Crippen LogP contribution is 2.17. The van der Waals surface area contributed by atoms with Crippen LogP contribution in [0.25, 0.3) is 0 Å². The summed E-state index contributed by atoms with van der Waals surface area (Å²) in [4.78, 5) is 11.1. The molecule has 1 aromatic rings. The molecule has 1 rings (SSSR count). The normalized spacial score (nSPS) is 9.71. The molecule has 0 atom stereocenters. The maximum atomic E-state index is 11.1. The number of carbonyl (C=O) groups is 1. The van der Waals surface area contributed by atoms with E-state index in [9.17, 15) is 10.0 Å². The Hall–Kier alpha value is -1.55. The summed E-state index contributed by atoms with van der Waals surface area (Å²) in [5.41, 5.74) is 2.62. The first-order valence-electron chi connectivity index (χ1n) is 4.34. The van der Waals surface area contributed by atoms with Crippen molar-refractivity contribution in [3.05, 3.63) is 29.3 Å². The minimum absolute atomic E-state index is 0.465. The Labute approximate surface area is 83.1 Å².